The number of aliphatic hydroxyl groups excluding tert-OH is 1. The summed E-state index contributed by atoms with van der Waals surface area (Å²) in [7, 11) is 0. The molecule has 1 aromatic rings. The monoisotopic (exact) mass is 206 g/mol. The zero-order valence-electron chi connectivity index (χ0n) is 10.1. The van der Waals surface area contributed by atoms with Crippen molar-refractivity contribution in [1.29, 1.82) is 0 Å². The van der Waals surface area contributed by atoms with Crippen LogP contribution in [0.15, 0.2) is 18.2 Å². The summed E-state index contributed by atoms with van der Waals surface area (Å²) in [5.41, 5.74) is 3.92. The summed E-state index contributed by atoms with van der Waals surface area (Å²) in [6, 6.07) is 6.50. The Kier molecular flexibility index (Phi) is 4.83. The molecule has 0 aliphatic heterocycles. The van der Waals surface area contributed by atoms with E-state index >= 15 is 0 Å². The van der Waals surface area contributed by atoms with Crippen molar-refractivity contribution in [2.24, 2.45) is 0 Å². The molecule has 0 saturated heterocycles. The zero-order valence-corrected chi connectivity index (χ0v) is 10.1. The summed E-state index contributed by atoms with van der Waals surface area (Å²) in [6.07, 6.45) is 3.48. The number of hydrogen-bond acceptors (Lipinski definition) is 1. The van der Waals surface area contributed by atoms with Crippen LogP contribution >= 0.6 is 0 Å². The Balaban J connectivity index is 2.81. The topological polar surface area (TPSA) is 20.2 Å². The van der Waals surface area contributed by atoms with Crippen LogP contribution < -0.4 is 0 Å². The predicted molar refractivity (Wildman–Crippen MR) is 65.3 cm³/mol. The molecular formula is C14H22O. The second kappa shape index (κ2) is 5.92. The van der Waals surface area contributed by atoms with E-state index in [0.29, 0.717) is 5.92 Å². The van der Waals surface area contributed by atoms with Crippen molar-refractivity contribution in [2.45, 2.75) is 46.0 Å². The van der Waals surface area contributed by atoms with Crippen molar-refractivity contribution >= 4 is 0 Å². The Morgan fingerprint density at radius 2 is 2.00 bits per heavy atom. The van der Waals surface area contributed by atoms with Crippen LogP contribution in [0, 0.1) is 13.8 Å². The first-order chi connectivity index (χ1) is 7.19. The summed E-state index contributed by atoms with van der Waals surface area (Å²) in [4.78, 5) is 0. The van der Waals surface area contributed by atoms with Gasteiger partial charge in [-0.25, -0.2) is 0 Å². The highest BCUT2D eigenvalue weighted by atomic mass is 16.3. The fourth-order valence-electron chi connectivity index (χ4n) is 2.08. The molecule has 1 rings (SSSR count). The average Bonchev–Trinajstić information content (AvgIpc) is 2.21. The summed E-state index contributed by atoms with van der Waals surface area (Å²) in [5.74, 6) is 0.325. The molecule has 15 heavy (non-hydrogen) atoms. The molecule has 0 amide bonds. The SMILES string of the molecule is CCCCC(CO)c1ccc(C)cc1C. The molecule has 1 nitrogen and oxygen atoms in total. The first kappa shape index (κ1) is 12.3. The first-order valence-corrected chi connectivity index (χ1v) is 5.87. The average molecular weight is 206 g/mol. The summed E-state index contributed by atoms with van der Waals surface area (Å²) in [6.45, 7) is 6.70. The van der Waals surface area contributed by atoms with Gasteiger partial charge in [0, 0.05) is 12.5 Å². The maximum absolute atomic E-state index is 9.40. The lowest BCUT2D eigenvalue weighted by Gasteiger charge is -2.17. The van der Waals surface area contributed by atoms with Gasteiger partial charge in [0.15, 0.2) is 0 Å². The second-order valence-electron chi connectivity index (χ2n) is 4.38. The van der Waals surface area contributed by atoms with Gasteiger partial charge in [-0.2, -0.15) is 0 Å². The molecule has 0 aromatic heterocycles. The highest BCUT2D eigenvalue weighted by Gasteiger charge is 2.11. The van der Waals surface area contributed by atoms with Crippen molar-refractivity contribution in [3.8, 4) is 0 Å². The van der Waals surface area contributed by atoms with Crippen molar-refractivity contribution in [1.82, 2.24) is 0 Å². The molecule has 0 saturated carbocycles. The predicted octanol–water partition coefficient (Wildman–Crippen LogP) is 3.57. The molecule has 0 heterocycles. The number of unbranched alkanes of at least 4 members (excludes halogenated alkanes) is 1. The van der Waals surface area contributed by atoms with Crippen LogP contribution in [0.25, 0.3) is 0 Å². The molecule has 1 N–H and O–H groups in total. The van der Waals surface area contributed by atoms with Gasteiger partial charge in [0.1, 0.15) is 0 Å². The molecule has 84 valence electrons. The van der Waals surface area contributed by atoms with Crippen LogP contribution in [0.2, 0.25) is 0 Å². The van der Waals surface area contributed by atoms with E-state index in [0.717, 1.165) is 6.42 Å². The molecule has 0 aliphatic rings. The molecule has 0 bridgehead atoms. The molecule has 0 aliphatic carbocycles. The fourth-order valence-corrected chi connectivity index (χ4v) is 2.08. The standard InChI is InChI=1S/C14H22O/c1-4-5-6-13(10-15)14-8-7-11(2)9-12(14)3/h7-9,13,15H,4-6,10H2,1-3H3. The smallest absolute Gasteiger partial charge is 0.0499 e. The lowest BCUT2D eigenvalue weighted by atomic mass is 9.90. The Labute approximate surface area is 93.1 Å². The maximum Gasteiger partial charge on any atom is 0.0499 e. The minimum Gasteiger partial charge on any atom is -0.396 e. The van der Waals surface area contributed by atoms with Gasteiger partial charge in [-0.3, -0.25) is 0 Å². The quantitative estimate of drug-likeness (QED) is 0.781. The molecule has 0 fully saturated rings. The molecular weight excluding hydrogens is 184 g/mol. The van der Waals surface area contributed by atoms with Crippen molar-refractivity contribution in [3.05, 3.63) is 34.9 Å². The molecule has 1 atom stereocenters. The molecule has 1 aromatic carbocycles. The van der Waals surface area contributed by atoms with E-state index in [4.69, 9.17) is 0 Å². The number of aliphatic hydroxyl groups is 1. The minimum atomic E-state index is 0.268. The van der Waals surface area contributed by atoms with Gasteiger partial charge < -0.3 is 5.11 Å². The van der Waals surface area contributed by atoms with Crippen LogP contribution in [-0.2, 0) is 0 Å². The highest BCUT2D eigenvalue weighted by Crippen LogP contribution is 2.25. The van der Waals surface area contributed by atoms with Gasteiger partial charge in [0.25, 0.3) is 0 Å². The molecule has 0 radical (unpaired) electrons. The van der Waals surface area contributed by atoms with E-state index < -0.39 is 0 Å². The highest BCUT2D eigenvalue weighted by molar-refractivity contribution is 5.33. The Morgan fingerprint density at radius 3 is 2.53 bits per heavy atom. The van der Waals surface area contributed by atoms with Crippen LogP contribution in [0.3, 0.4) is 0 Å². The van der Waals surface area contributed by atoms with Crippen LogP contribution in [-0.4, -0.2) is 11.7 Å². The normalized spacial score (nSPS) is 12.8. The Morgan fingerprint density at radius 1 is 1.27 bits per heavy atom. The van der Waals surface area contributed by atoms with E-state index in [-0.39, 0.29) is 6.61 Å². The van der Waals surface area contributed by atoms with E-state index in [1.54, 1.807) is 0 Å². The molecule has 1 unspecified atom stereocenters. The zero-order chi connectivity index (χ0) is 11.3. The minimum absolute atomic E-state index is 0.268. The van der Waals surface area contributed by atoms with E-state index in [9.17, 15) is 5.11 Å². The van der Waals surface area contributed by atoms with Crippen molar-refractivity contribution in [3.63, 3.8) is 0 Å². The van der Waals surface area contributed by atoms with Gasteiger partial charge in [0.2, 0.25) is 0 Å². The third-order valence-electron chi connectivity index (χ3n) is 2.99. The van der Waals surface area contributed by atoms with Crippen molar-refractivity contribution < 1.29 is 5.11 Å². The Bertz CT molecular complexity index is 304. The van der Waals surface area contributed by atoms with Gasteiger partial charge in [0.05, 0.1) is 0 Å². The number of rotatable bonds is 5. The maximum atomic E-state index is 9.40. The number of aryl methyl sites for hydroxylation is 2. The largest absolute Gasteiger partial charge is 0.396 e. The van der Waals surface area contributed by atoms with Crippen LogP contribution in [0.5, 0.6) is 0 Å². The third-order valence-corrected chi connectivity index (χ3v) is 2.99. The molecule has 1 heteroatoms. The lowest BCUT2D eigenvalue weighted by Crippen LogP contribution is -2.06. The first-order valence-electron chi connectivity index (χ1n) is 5.87. The van der Waals surface area contributed by atoms with Gasteiger partial charge in [-0.05, 0) is 31.4 Å². The lowest BCUT2D eigenvalue weighted by molar-refractivity contribution is 0.257. The van der Waals surface area contributed by atoms with Gasteiger partial charge in [-0.1, -0.05) is 43.5 Å². The summed E-state index contributed by atoms with van der Waals surface area (Å²) in [5, 5.41) is 9.40. The second-order valence-corrected chi connectivity index (χ2v) is 4.38. The fraction of sp³-hybridized carbons (Fsp3) is 0.571. The van der Waals surface area contributed by atoms with Crippen LogP contribution in [0.4, 0.5) is 0 Å². The third kappa shape index (κ3) is 3.35. The summed E-state index contributed by atoms with van der Waals surface area (Å²) < 4.78 is 0. The van der Waals surface area contributed by atoms with Gasteiger partial charge >= 0.3 is 0 Å². The summed E-state index contributed by atoms with van der Waals surface area (Å²) >= 11 is 0. The van der Waals surface area contributed by atoms with Crippen LogP contribution in [0.1, 0.15) is 48.8 Å². The Hall–Kier alpha value is -0.820. The van der Waals surface area contributed by atoms with E-state index in [1.807, 2.05) is 0 Å². The molecule has 0 spiro atoms. The van der Waals surface area contributed by atoms with Gasteiger partial charge in [-0.15, -0.1) is 0 Å². The number of benzene rings is 1. The van der Waals surface area contributed by atoms with E-state index in [1.165, 1.54) is 29.5 Å². The number of hydrogen-bond donors (Lipinski definition) is 1. The van der Waals surface area contributed by atoms with Crippen molar-refractivity contribution in [2.75, 3.05) is 6.61 Å². The van der Waals surface area contributed by atoms with E-state index in [2.05, 4.69) is 39.0 Å².